The first-order chi connectivity index (χ1) is 10.8. The first-order valence-corrected chi connectivity index (χ1v) is 7.99. The van der Waals surface area contributed by atoms with E-state index in [0.717, 1.165) is 19.4 Å². The average Bonchev–Trinajstić information content (AvgIpc) is 2.54. The van der Waals surface area contributed by atoms with Gasteiger partial charge in [-0.1, -0.05) is 48.5 Å². The Morgan fingerprint density at radius 1 is 1.05 bits per heavy atom. The standard InChI is InChI=1S/C19H20N2O/c22-19(17-11-14-6-2-3-7-15(14)17)21-12-18-16-8-4-1-5-13(16)9-10-20-18/h1-8,17-18,20H,9-12H2,(H,21,22). The molecule has 4 rings (SSSR count). The minimum atomic E-state index is 0.0371. The second kappa shape index (κ2) is 5.58. The number of carbonyl (C=O) groups is 1. The zero-order chi connectivity index (χ0) is 14.9. The number of carbonyl (C=O) groups excluding carboxylic acids is 1. The quantitative estimate of drug-likeness (QED) is 0.911. The highest BCUT2D eigenvalue weighted by molar-refractivity contribution is 5.86. The van der Waals surface area contributed by atoms with Crippen molar-refractivity contribution < 1.29 is 4.79 Å². The van der Waals surface area contributed by atoms with E-state index in [1.165, 1.54) is 22.3 Å². The van der Waals surface area contributed by atoms with E-state index in [1.54, 1.807) is 0 Å². The van der Waals surface area contributed by atoms with Crippen molar-refractivity contribution in [2.24, 2.45) is 0 Å². The van der Waals surface area contributed by atoms with Gasteiger partial charge in [0.05, 0.1) is 5.92 Å². The van der Waals surface area contributed by atoms with Crippen molar-refractivity contribution in [3.8, 4) is 0 Å². The number of rotatable bonds is 3. The fourth-order valence-electron chi connectivity index (χ4n) is 3.59. The summed E-state index contributed by atoms with van der Waals surface area (Å²) in [6.45, 7) is 1.64. The van der Waals surface area contributed by atoms with E-state index < -0.39 is 0 Å². The minimum absolute atomic E-state index is 0.0371. The van der Waals surface area contributed by atoms with Crippen LogP contribution in [0.4, 0.5) is 0 Å². The summed E-state index contributed by atoms with van der Waals surface area (Å²) < 4.78 is 0. The molecule has 2 aromatic carbocycles. The van der Waals surface area contributed by atoms with E-state index in [-0.39, 0.29) is 17.9 Å². The van der Waals surface area contributed by atoms with Crippen LogP contribution in [0.2, 0.25) is 0 Å². The molecule has 2 N–H and O–H groups in total. The molecule has 2 aromatic rings. The summed E-state index contributed by atoms with van der Waals surface area (Å²) in [4.78, 5) is 12.4. The Balaban J connectivity index is 1.41. The Bertz CT molecular complexity index is 710. The number of hydrogen-bond donors (Lipinski definition) is 2. The summed E-state index contributed by atoms with van der Waals surface area (Å²) in [7, 11) is 0. The number of nitrogens with one attached hydrogen (secondary N) is 2. The zero-order valence-corrected chi connectivity index (χ0v) is 12.5. The fourth-order valence-corrected chi connectivity index (χ4v) is 3.59. The van der Waals surface area contributed by atoms with E-state index in [9.17, 15) is 4.79 Å². The third-order valence-electron chi connectivity index (χ3n) is 4.87. The third-order valence-corrected chi connectivity index (χ3v) is 4.87. The molecule has 3 nitrogen and oxygen atoms in total. The van der Waals surface area contributed by atoms with Crippen LogP contribution in [0.1, 0.15) is 34.2 Å². The summed E-state index contributed by atoms with van der Waals surface area (Å²) >= 11 is 0. The summed E-state index contributed by atoms with van der Waals surface area (Å²) in [5.41, 5.74) is 5.22. The predicted molar refractivity (Wildman–Crippen MR) is 86.8 cm³/mol. The molecule has 0 saturated carbocycles. The van der Waals surface area contributed by atoms with Crippen molar-refractivity contribution in [1.29, 1.82) is 0 Å². The first kappa shape index (κ1) is 13.5. The van der Waals surface area contributed by atoms with Crippen molar-refractivity contribution in [3.63, 3.8) is 0 Å². The van der Waals surface area contributed by atoms with Gasteiger partial charge in [0, 0.05) is 12.6 Å². The van der Waals surface area contributed by atoms with Crippen molar-refractivity contribution in [1.82, 2.24) is 10.6 Å². The fraction of sp³-hybridized carbons (Fsp3) is 0.316. The van der Waals surface area contributed by atoms with Crippen LogP contribution in [0.15, 0.2) is 48.5 Å². The largest absolute Gasteiger partial charge is 0.354 e. The molecular formula is C19H20N2O. The molecule has 1 amide bonds. The molecule has 0 aromatic heterocycles. The smallest absolute Gasteiger partial charge is 0.227 e. The molecule has 0 saturated heterocycles. The predicted octanol–water partition coefficient (Wildman–Crippen LogP) is 2.33. The SMILES string of the molecule is O=C(NCC1NCCc2ccccc21)C1Cc2ccccc21. The van der Waals surface area contributed by atoms with Gasteiger partial charge < -0.3 is 10.6 Å². The number of benzene rings is 2. The maximum absolute atomic E-state index is 12.4. The Morgan fingerprint density at radius 2 is 1.77 bits per heavy atom. The van der Waals surface area contributed by atoms with Gasteiger partial charge in [-0.2, -0.15) is 0 Å². The van der Waals surface area contributed by atoms with Crippen LogP contribution in [0, 0.1) is 0 Å². The highest BCUT2D eigenvalue weighted by Gasteiger charge is 2.32. The lowest BCUT2D eigenvalue weighted by Crippen LogP contribution is -2.42. The van der Waals surface area contributed by atoms with Gasteiger partial charge in [-0.3, -0.25) is 4.79 Å². The van der Waals surface area contributed by atoms with Gasteiger partial charge in [-0.15, -0.1) is 0 Å². The Hall–Kier alpha value is -2.13. The van der Waals surface area contributed by atoms with E-state index >= 15 is 0 Å². The van der Waals surface area contributed by atoms with Gasteiger partial charge in [-0.25, -0.2) is 0 Å². The zero-order valence-electron chi connectivity index (χ0n) is 12.5. The van der Waals surface area contributed by atoms with Crippen LogP contribution in [0.25, 0.3) is 0 Å². The third kappa shape index (κ3) is 2.32. The number of hydrogen-bond acceptors (Lipinski definition) is 2. The van der Waals surface area contributed by atoms with Crippen molar-refractivity contribution in [3.05, 3.63) is 70.8 Å². The van der Waals surface area contributed by atoms with E-state index in [2.05, 4.69) is 47.0 Å². The lowest BCUT2D eigenvalue weighted by molar-refractivity contribution is -0.123. The van der Waals surface area contributed by atoms with Crippen molar-refractivity contribution in [2.45, 2.75) is 24.8 Å². The van der Waals surface area contributed by atoms with Gasteiger partial charge in [-0.05, 0) is 41.6 Å². The molecule has 1 heterocycles. The lowest BCUT2D eigenvalue weighted by atomic mass is 9.77. The summed E-state index contributed by atoms with van der Waals surface area (Å²) in [6, 6.07) is 17.0. The van der Waals surface area contributed by atoms with Gasteiger partial charge in [0.15, 0.2) is 0 Å². The molecule has 0 radical (unpaired) electrons. The number of fused-ring (bicyclic) bond motifs is 2. The van der Waals surface area contributed by atoms with E-state index in [4.69, 9.17) is 0 Å². The normalized spacial score (nSPS) is 22.2. The second-order valence-electron chi connectivity index (χ2n) is 6.16. The molecule has 1 aliphatic carbocycles. The lowest BCUT2D eigenvalue weighted by Gasteiger charge is -2.31. The van der Waals surface area contributed by atoms with Gasteiger partial charge >= 0.3 is 0 Å². The highest BCUT2D eigenvalue weighted by Crippen LogP contribution is 2.34. The molecule has 2 aliphatic rings. The molecule has 0 spiro atoms. The maximum atomic E-state index is 12.4. The maximum Gasteiger partial charge on any atom is 0.227 e. The molecule has 22 heavy (non-hydrogen) atoms. The highest BCUT2D eigenvalue weighted by atomic mass is 16.1. The Morgan fingerprint density at radius 3 is 2.59 bits per heavy atom. The van der Waals surface area contributed by atoms with Crippen LogP contribution in [0.5, 0.6) is 0 Å². The number of amides is 1. The summed E-state index contributed by atoms with van der Waals surface area (Å²) in [5.74, 6) is 0.193. The van der Waals surface area contributed by atoms with Gasteiger partial charge in [0.1, 0.15) is 0 Å². The average molecular weight is 292 g/mol. The Kier molecular flexibility index (Phi) is 3.43. The van der Waals surface area contributed by atoms with E-state index in [1.807, 2.05) is 12.1 Å². The van der Waals surface area contributed by atoms with Crippen molar-refractivity contribution in [2.75, 3.05) is 13.1 Å². The molecule has 112 valence electrons. The summed E-state index contributed by atoms with van der Waals surface area (Å²) in [5, 5.41) is 6.64. The summed E-state index contributed by atoms with van der Waals surface area (Å²) in [6.07, 6.45) is 1.94. The van der Waals surface area contributed by atoms with Crippen molar-refractivity contribution >= 4 is 5.91 Å². The van der Waals surface area contributed by atoms with Gasteiger partial charge in [0.2, 0.25) is 5.91 Å². The molecule has 2 unspecified atom stereocenters. The van der Waals surface area contributed by atoms with E-state index in [0.29, 0.717) is 6.54 Å². The van der Waals surface area contributed by atoms with Crippen LogP contribution in [0.3, 0.4) is 0 Å². The van der Waals surface area contributed by atoms with Crippen LogP contribution in [-0.4, -0.2) is 19.0 Å². The minimum Gasteiger partial charge on any atom is -0.354 e. The topological polar surface area (TPSA) is 41.1 Å². The first-order valence-electron chi connectivity index (χ1n) is 7.99. The van der Waals surface area contributed by atoms with Crippen LogP contribution < -0.4 is 10.6 Å². The van der Waals surface area contributed by atoms with Crippen LogP contribution >= 0.6 is 0 Å². The second-order valence-corrected chi connectivity index (χ2v) is 6.16. The Labute approximate surface area is 130 Å². The molecular weight excluding hydrogens is 272 g/mol. The molecule has 0 fully saturated rings. The monoisotopic (exact) mass is 292 g/mol. The molecule has 0 bridgehead atoms. The molecule has 3 heteroatoms. The molecule has 1 aliphatic heterocycles. The molecule has 2 atom stereocenters. The van der Waals surface area contributed by atoms with Crippen LogP contribution in [-0.2, 0) is 17.6 Å². The van der Waals surface area contributed by atoms with Gasteiger partial charge in [0.25, 0.3) is 0 Å².